The van der Waals surface area contributed by atoms with Crippen molar-refractivity contribution in [1.29, 1.82) is 0 Å². The third kappa shape index (κ3) is 182. The van der Waals surface area contributed by atoms with Gasteiger partial charge in [-0.15, -0.1) is 0 Å². The number of ether oxygens (including phenoxy) is 1. The highest BCUT2D eigenvalue weighted by Crippen LogP contribution is 2.49. The van der Waals surface area contributed by atoms with Gasteiger partial charge < -0.3 is 9.53 Å². The lowest BCUT2D eigenvalue weighted by Gasteiger charge is -2.29. The Morgan fingerprint density at radius 1 is 0.732 bits per heavy atom. The summed E-state index contributed by atoms with van der Waals surface area (Å²) in [5.74, 6) is 0.167. The molecule has 0 bridgehead atoms. The molecule has 14 heteroatoms. The summed E-state index contributed by atoms with van der Waals surface area (Å²) >= 11 is 1.75. The van der Waals surface area contributed by atoms with E-state index < -0.39 is 27.6 Å². The minimum absolute atomic E-state index is 0. The van der Waals surface area contributed by atoms with E-state index in [0.29, 0.717) is 12.6 Å². The van der Waals surface area contributed by atoms with Gasteiger partial charge in [0.25, 0.3) is 0 Å². The first-order valence-corrected chi connectivity index (χ1v) is 15.3. The Morgan fingerprint density at radius 3 is 0.780 bits per heavy atom. The zero-order valence-electron chi connectivity index (χ0n) is 27.4. The molecule has 41 heavy (non-hydrogen) atoms. The van der Waals surface area contributed by atoms with Crippen molar-refractivity contribution in [3.05, 3.63) is 0 Å². The molecule has 0 spiro atoms. The molecule has 0 amide bonds. The minimum Gasteiger partial charge on any atom is -0.388 e. The second-order valence-corrected chi connectivity index (χ2v) is 12.6. The number of hydrogen-bond acceptors (Lipinski definition) is 5. The van der Waals surface area contributed by atoms with Crippen molar-refractivity contribution in [2.45, 2.75) is 110 Å². The predicted octanol–water partition coefficient (Wildman–Crippen LogP) is 10.9. The van der Waals surface area contributed by atoms with Gasteiger partial charge in [0, 0.05) is 26.7 Å². The van der Waals surface area contributed by atoms with Gasteiger partial charge in [-0.1, -0.05) is 62.8 Å². The Balaban J connectivity index is -0.0000000291. The lowest BCUT2D eigenvalue weighted by Crippen LogP contribution is -2.44. The van der Waals surface area contributed by atoms with Crippen LogP contribution in [0, 0.1) is 10.8 Å². The number of alkyl halides is 8. The van der Waals surface area contributed by atoms with Gasteiger partial charge >= 0.3 is 12.4 Å². The second-order valence-electron chi connectivity index (χ2n) is 9.46. The molecular formula is C27H66F8O4S2. The van der Waals surface area contributed by atoms with E-state index in [2.05, 4.69) is 46.3 Å². The average Bonchev–Trinajstić information content (AvgIpc) is 2.61. The summed E-state index contributed by atoms with van der Waals surface area (Å²) in [6, 6.07) is 0. The third-order valence-electron chi connectivity index (χ3n) is 1.42. The molecule has 0 aromatic heterocycles. The van der Waals surface area contributed by atoms with E-state index in [0.717, 1.165) is 12.5 Å². The fourth-order valence-electron chi connectivity index (χ4n) is 0.161. The first-order valence-electron chi connectivity index (χ1n) is 11.4. The van der Waals surface area contributed by atoms with Crippen molar-refractivity contribution in [3.8, 4) is 0 Å². The normalized spacial score (nSPS) is 9.51. The Kier molecular flexibility index (Phi) is 77.5. The van der Waals surface area contributed by atoms with Gasteiger partial charge in [-0.2, -0.15) is 38.1 Å². The molecule has 0 atom stereocenters. The molecular weight excluding hydrogens is 604 g/mol. The van der Waals surface area contributed by atoms with Gasteiger partial charge in [-0.3, -0.25) is 8.78 Å². The summed E-state index contributed by atoms with van der Waals surface area (Å²) < 4.78 is 113. The van der Waals surface area contributed by atoms with Crippen molar-refractivity contribution in [2.24, 2.45) is 10.8 Å². The topological polar surface area (TPSA) is 60.4 Å². The number of hydrogen-bond donors (Lipinski definition) is 0. The van der Waals surface area contributed by atoms with Gasteiger partial charge in [-0.05, 0) is 52.5 Å². The molecule has 0 saturated carbocycles. The largest absolute Gasteiger partial charge is 0.402 e. The number of methoxy groups -OCH3 is 1. The Bertz CT molecular complexity index is 503. The second kappa shape index (κ2) is 43.8. The summed E-state index contributed by atoms with van der Waals surface area (Å²) in [6.45, 7) is 17.5. The molecule has 0 unspecified atom stereocenters. The summed E-state index contributed by atoms with van der Waals surface area (Å²) in [5.41, 5.74) is -3.12. The molecule has 4 nitrogen and oxygen atoms in total. The number of halogens is 8. The lowest BCUT2D eigenvalue weighted by atomic mass is 9.92. The number of rotatable bonds is 0. The molecule has 0 aliphatic rings. The van der Waals surface area contributed by atoms with E-state index >= 15 is 0 Å². The Labute approximate surface area is 254 Å². The van der Waals surface area contributed by atoms with Gasteiger partial charge in [0.05, 0.1) is 13.9 Å². The van der Waals surface area contributed by atoms with Crippen LogP contribution in [0.15, 0.2) is 0 Å². The minimum atomic E-state index is -5.24. The van der Waals surface area contributed by atoms with Crippen LogP contribution in [0.4, 0.5) is 35.1 Å². The predicted molar refractivity (Wildman–Crippen MR) is 169 cm³/mol. The number of sulfone groups is 1. The summed E-state index contributed by atoms with van der Waals surface area (Å²) in [5, 5.41) is 0. The number of ketones is 1. The summed E-state index contributed by atoms with van der Waals surface area (Å²) in [7, 11) is 1.08. The summed E-state index contributed by atoms with van der Waals surface area (Å²) in [4.78, 5) is 9.44. The van der Waals surface area contributed by atoms with Crippen molar-refractivity contribution in [3.63, 3.8) is 0 Å². The molecule has 0 heterocycles. The van der Waals surface area contributed by atoms with Crippen LogP contribution in [0.1, 0.15) is 97.4 Å². The molecule has 0 N–H and O–H groups in total. The van der Waals surface area contributed by atoms with Gasteiger partial charge in [0.2, 0.25) is 0 Å². The third-order valence-corrected chi connectivity index (χ3v) is 1.42. The van der Waals surface area contributed by atoms with Crippen LogP contribution in [0.5, 0.6) is 0 Å². The molecule has 266 valence electrons. The van der Waals surface area contributed by atoms with Crippen LogP contribution in [-0.2, 0) is 19.4 Å². The maximum atomic E-state index is 11.6. The van der Waals surface area contributed by atoms with Crippen LogP contribution in [0.2, 0.25) is 0 Å². The van der Waals surface area contributed by atoms with E-state index in [9.17, 15) is 48.3 Å². The molecule has 0 radical (unpaired) electrons. The molecule has 0 fully saturated rings. The van der Waals surface area contributed by atoms with Crippen LogP contribution >= 0.6 is 11.8 Å². The maximum absolute atomic E-state index is 11.6. The first kappa shape index (κ1) is 72.5. The van der Waals surface area contributed by atoms with Crippen LogP contribution in [-0.4, -0.2) is 79.6 Å². The molecule has 0 aliphatic carbocycles. The van der Waals surface area contributed by atoms with Crippen LogP contribution in [0.3, 0.4) is 0 Å². The monoisotopic (exact) mass is 670 g/mol. The SMILES string of the molecule is C.C.CC(C)(C(F)(F)F)C(F)(F)F.CC(C)(C)C.CC(C)=O.CCC.CCF.CF.COC.CS(C)(=O)=O.CSC. The van der Waals surface area contributed by atoms with E-state index in [4.69, 9.17) is 0 Å². The van der Waals surface area contributed by atoms with E-state index in [1.165, 1.54) is 27.2 Å². The molecule has 0 saturated heterocycles. The molecule has 0 aliphatic heterocycles. The number of thioether (sulfide) groups is 1. The van der Waals surface area contributed by atoms with Gasteiger partial charge in [0.1, 0.15) is 15.6 Å². The summed E-state index contributed by atoms with van der Waals surface area (Å²) in [6.07, 6.45) is -2.84. The van der Waals surface area contributed by atoms with Crippen molar-refractivity contribution < 1.29 is 53.1 Å². The average molecular weight is 671 g/mol. The lowest BCUT2D eigenvalue weighted by molar-refractivity contribution is -0.327. The fraction of sp³-hybridized carbons (Fsp3) is 0.963. The van der Waals surface area contributed by atoms with Crippen LogP contribution < -0.4 is 0 Å². The standard InChI is InChI=1S/C5H6F6.C5H12.C3H6O.C3H8.C2H5F.C2H6O2S.C2H6O.C2H6S.CH3F.2CH4/c1-3(2,4(6,7)8)5(9,10)11;1-5(2,3)4;1-3(2)4;1-3-2;1-2-3;1-5(2,3)4;2*1-3-2;1-2;;/h1-2H3;1-4H3;1-2H3;3H2,1-2H3;2H2,1H3;1-2H3;2*1-2H3;1H3;2*1H4. The molecule has 0 aromatic rings. The fourth-order valence-corrected chi connectivity index (χ4v) is 0.161. The maximum Gasteiger partial charge on any atom is 0.402 e. The first-order chi connectivity index (χ1) is 16.9. The number of carbonyl (C=O) groups excluding carboxylic acids is 1. The zero-order valence-corrected chi connectivity index (χ0v) is 29.0. The van der Waals surface area contributed by atoms with E-state index in [-0.39, 0.29) is 41.2 Å². The highest BCUT2D eigenvalue weighted by Gasteiger charge is 2.64. The zero-order chi connectivity index (χ0) is 34.9. The van der Waals surface area contributed by atoms with Crippen LogP contribution in [0.25, 0.3) is 0 Å². The molecule has 0 rings (SSSR count). The highest BCUT2D eigenvalue weighted by atomic mass is 32.2. The number of carbonyl (C=O) groups is 1. The van der Waals surface area contributed by atoms with Gasteiger partial charge in [0.15, 0.2) is 5.41 Å². The van der Waals surface area contributed by atoms with Crippen molar-refractivity contribution in [1.82, 2.24) is 0 Å². The smallest absolute Gasteiger partial charge is 0.388 e. The van der Waals surface area contributed by atoms with E-state index in [1.807, 2.05) is 12.5 Å². The Hall–Kier alpha value is -0.630. The number of Topliss-reactive ketones (excluding diaryl/α,β-unsaturated/α-hetero) is 1. The Morgan fingerprint density at radius 2 is 0.780 bits per heavy atom. The highest BCUT2D eigenvalue weighted by molar-refractivity contribution is 7.97. The molecule has 0 aromatic carbocycles. The van der Waals surface area contributed by atoms with E-state index in [1.54, 1.807) is 26.0 Å². The van der Waals surface area contributed by atoms with Crippen molar-refractivity contribution in [2.75, 3.05) is 53.1 Å². The van der Waals surface area contributed by atoms with Crippen molar-refractivity contribution >= 4 is 27.4 Å². The quantitative estimate of drug-likeness (QED) is 0.240. The van der Waals surface area contributed by atoms with Gasteiger partial charge in [-0.25, -0.2) is 8.42 Å².